The van der Waals surface area contributed by atoms with Crippen LogP contribution in [0.2, 0.25) is 0 Å². The van der Waals surface area contributed by atoms with Crippen LogP contribution in [0.15, 0.2) is 29.2 Å². The fraction of sp³-hybridized carbons (Fsp3) is 0.632. The largest absolute Gasteiger partial charge is 0.340 e. The molecule has 0 N–H and O–H groups in total. The van der Waals surface area contributed by atoms with E-state index in [0.717, 1.165) is 12.0 Å². The highest BCUT2D eigenvalue weighted by Crippen LogP contribution is 2.39. The van der Waals surface area contributed by atoms with Gasteiger partial charge in [-0.05, 0) is 35.4 Å². The highest BCUT2D eigenvalue weighted by molar-refractivity contribution is 7.89. The van der Waals surface area contributed by atoms with E-state index in [2.05, 4.69) is 27.7 Å². The fourth-order valence-electron chi connectivity index (χ4n) is 3.33. The van der Waals surface area contributed by atoms with Crippen LogP contribution in [-0.4, -0.2) is 49.7 Å². The maximum atomic E-state index is 12.8. The van der Waals surface area contributed by atoms with E-state index in [9.17, 15) is 13.2 Å². The van der Waals surface area contributed by atoms with Crippen molar-refractivity contribution >= 4 is 15.9 Å². The first-order valence-corrected chi connectivity index (χ1v) is 10.4. The first-order chi connectivity index (χ1) is 11.6. The minimum atomic E-state index is -3.49. The van der Waals surface area contributed by atoms with Crippen LogP contribution in [0.1, 0.15) is 39.7 Å². The highest BCUT2D eigenvalue weighted by atomic mass is 32.2. The monoisotopic (exact) mass is 364 g/mol. The van der Waals surface area contributed by atoms with Crippen LogP contribution in [0.3, 0.4) is 0 Å². The van der Waals surface area contributed by atoms with Crippen molar-refractivity contribution in [3.63, 3.8) is 0 Å². The zero-order valence-electron chi connectivity index (χ0n) is 15.5. The number of piperazine rings is 1. The molecule has 138 valence electrons. The number of carbonyl (C=O) groups is 1. The average molecular weight is 365 g/mol. The lowest BCUT2D eigenvalue weighted by molar-refractivity contribution is -0.134. The lowest BCUT2D eigenvalue weighted by Gasteiger charge is -2.34. The molecule has 6 heteroatoms. The van der Waals surface area contributed by atoms with Gasteiger partial charge in [0.2, 0.25) is 15.9 Å². The molecule has 1 aliphatic carbocycles. The summed E-state index contributed by atoms with van der Waals surface area (Å²) < 4.78 is 27.2. The molecule has 5 nitrogen and oxygen atoms in total. The normalized spacial score (nSPS) is 25.0. The van der Waals surface area contributed by atoms with Gasteiger partial charge in [-0.15, -0.1) is 0 Å². The van der Waals surface area contributed by atoms with Gasteiger partial charge in [-0.25, -0.2) is 8.42 Å². The van der Waals surface area contributed by atoms with Gasteiger partial charge in [-0.2, -0.15) is 4.31 Å². The Morgan fingerprint density at radius 2 is 1.56 bits per heavy atom. The molecule has 1 saturated carbocycles. The van der Waals surface area contributed by atoms with Crippen LogP contribution in [0, 0.1) is 11.8 Å². The second-order valence-electron chi connectivity index (χ2n) is 8.32. The molecule has 0 radical (unpaired) electrons. The standard InChI is InChI=1S/C19H28N2O3S/c1-14-13-17(14)18(22)20-9-11-21(12-10-20)25(23,24)16-7-5-15(6-8-16)19(2,3)4/h5-8,14,17H,9-13H2,1-4H3/t14-,17-/m0/s1. The molecular weight excluding hydrogens is 336 g/mol. The summed E-state index contributed by atoms with van der Waals surface area (Å²) in [6.07, 6.45) is 0.970. The van der Waals surface area contributed by atoms with Crippen molar-refractivity contribution in [2.24, 2.45) is 11.8 Å². The second-order valence-corrected chi connectivity index (χ2v) is 10.3. The predicted octanol–water partition coefficient (Wildman–Crippen LogP) is 2.47. The van der Waals surface area contributed by atoms with Gasteiger partial charge in [-0.1, -0.05) is 39.8 Å². The number of amides is 1. The molecule has 0 bridgehead atoms. The van der Waals surface area contributed by atoms with Gasteiger partial charge >= 0.3 is 0 Å². The quantitative estimate of drug-likeness (QED) is 0.828. The molecule has 2 aliphatic rings. The molecule has 1 aromatic rings. The van der Waals surface area contributed by atoms with E-state index in [1.54, 1.807) is 12.1 Å². The average Bonchev–Trinajstić information content (AvgIpc) is 3.30. The van der Waals surface area contributed by atoms with E-state index in [1.807, 2.05) is 17.0 Å². The Bertz CT molecular complexity index is 742. The Labute approximate surface area is 151 Å². The van der Waals surface area contributed by atoms with Crippen LogP contribution in [0.25, 0.3) is 0 Å². The Hall–Kier alpha value is -1.40. The van der Waals surface area contributed by atoms with Gasteiger partial charge < -0.3 is 4.90 Å². The lowest BCUT2D eigenvalue weighted by atomic mass is 9.87. The molecular formula is C19H28N2O3S. The zero-order valence-corrected chi connectivity index (χ0v) is 16.3. The first kappa shape index (κ1) is 18.4. The number of hydrogen-bond donors (Lipinski definition) is 0. The summed E-state index contributed by atoms with van der Waals surface area (Å²) in [5.74, 6) is 0.836. The third kappa shape index (κ3) is 3.75. The summed E-state index contributed by atoms with van der Waals surface area (Å²) in [4.78, 5) is 14.4. The summed E-state index contributed by atoms with van der Waals surface area (Å²) in [5, 5.41) is 0. The number of rotatable bonds is 3. The van der Waals surface area contributed by atoms with E-state index >= 15 is 0 Å². The summed E-state index contributed by atoms with van der Waals surface area (Å²) in [6.45, 7) is 10.1. The van der Waals surface area contributed by atoms with Crippen molar-refractivity contribution in [1.82, 2.24) is 9.21 Å². The van der Waals surface area contributed by atoms with Crippen molar-refractivity contribution in [2.75, 3.05) is 26.2 Å². The molecule has 0 unspecified atom stereocenters. The summed E-state index contributed by atoms with van der Waals surface area (Å²) in [7, 11) is -3.49. The molecule has 2 atom stereocenters. The molecule has 25 heavy (non-hydrogen) atoms. The second kappa shape index (κ2) is 6.40. The minimum Gasteiger partial charge on any atom is -0.340 e. The maximum Gasteiger partial charge on any atom is 0.243 e. The summed E-state index contributed by atoms with van der Waals surface area (Å²) >= 11 is 0. The number of sulfonamides is 1. The molecule has 0 aromatic heterocycles. The number of nitrogens with zero attached hydrogens (tertiary/aromatic N) is 2. The highest BCUT2D eigenvalue weighted by Gasteiger charge is 2.42. The molecule has 3 rings (SSSR count). The Morgan fingerprint density at radius 1 is 1.04 bits per heavy atom. The third-order valence-electron chi connectivity index (χ3n) is 5.34. The molecule has 1 amide bonds. The Balaban J connectivity index is 1.66. The van der Waals surface area contributed by atoms with Crippen molar-refractivity contribution < 1.29 is 13.2 Å². The fourth-order valence-corrected chi connectivity index (χ4v) is 4.75. The summed E-state index contributed by atoms with van der Waals surface area (Å²) in [6, 6.07) is 7.17. The molecule has 0 spiro atoms. The van der Waals surface area contributed by atoms with E-state index < -0.39 is 10.0 Å². The number of benzene rings is 1. The van der Waals surface area contributed by atoms with Crippen LogP contribution in [-0.2, 0) is 20.2 Å². The minimum absolute atomic E-state index is 0.00573. The van der Waals surface area contributed by atoms with Crippen LogP contribution in [0.4, 0.5) is 0 Å². The molecule has 1 aliphatic heterocycles. The van der Waals surface area contributed by atoms with Crippen molar-refractivity contribution in [3.05, 3.63) is 29.8 Å². The first-order valence-electron chi connectivity index (χ1n) is 9.00. The Morgan fingerprint density at radius 3 is 2.00 bits per heavy atom. The van der Waals surface area contributed by atoms with E-state index in [0.29, 0.717) is 37.0 Å². The summed E-state index contributed by atoms with van der Waals surface area (Å²) in [5.41, 5.74) is 1.11. The van der Waals surface area contributed by atoms with Gasteiger partial charge in [0.25, 0.3) is 0 Å². The molecule has 1 heterocycles. The Kier molecular flexibility index (Phi) is 4.71. The van der Waals surface area contributed by atoms with Gasteiger partial charge in [0.1, 0.15) is 0 Å². The zero-order chi connectivity index (χ0) is 18.4. The van der Waals surface area contributed by atoms with Gasteiger partial charge in [0, 0.05) is 32.1 Å². The van der Waals surface area contributed by atoms with Crippen molar-refractivity contribution in [1.29, 1.82) is 0 Å². The van der Waals surface area contributed by atoms with Crippen LogP contribution in [0.5, 0.6) is 0 Å². The van der Waals surface area contributed by atoms with Gasteiger partial charge in [0.15, 0.2) is 0 Å². The molecule has 1 saturated heterocycles. The van der Waals surface area contributed by atoms with E-state index in [-0.39, 0.29) is 17.2 Å². The lowest BCUT2D eigenvalue weighted by Crippen LogP contribution is -2.51. The van der Waals surface area contributed by atoms with Crippen molar-refractivity contribution in [3.8, 4) is 0 Å². The molecule has 2 fully saturated rings. The van der Waals surface area contributed by atoms with Crippen LogP contribution < -0.4 is 0 Å². The molecule has 1 aromatic carbocycles. The smallest absolute Gasteiger partial charge is 0.243 e. The van der Waals surface area contributed by atoms with Crippen molar-refractivity contribution in [2.45, 2.75) is 44.4 Å². The SMILES string of the molecule is C[C@H]1C[C@@H]1C(=O)N1CCN(S(=O)(=O)c2ccc(C(C)(C)C)cc2)CC1. The van der Waals surface area contributed by atoms with E-state index in [1.165, 1.54) is 4.31 Å². The van der Waals surface area contributed by atoms with Crippen LogP contribution >= 0.6 is 0 Å². The van der Waals surface area contributed by atoms with E-state index in [4.69, 9.17) is 0 Å². The van der Waals surface area contributed by atoms with Gasteiger partial charge in [-0.3, -0.25) is 4.79 Å². The predicted molar refractivity (Wildman–Crippen MR) is 97.8 cm³/mol. The number of hydrogen-bond acceptors (Lipinski definition) is 3. The maximum absolute atomic E-state index is 12.8. The number of carbonyl (C=O) groups excluding carboxylic acids is 1. The third-order valence-corrected chi connectivity index (χ3v) is 7.25. The van der Waals surface area contributed by atoms with Gasteiger partial charge in [0.05, 0.1) is 4.90 Å². The topological polar surface area (TPSA) is 57.7 Å².